The molecule has 1 aromatic carbocycles. The van der Waals surface area contributed by atoms with Gasteiger partial charge in [0.2, 0.25) is 0 Å². The number of carboxylic acids is 1. The molecule has 0 atom stereocenters. The van der Waals surface area contributed by atoms with E-state index in [9.17, 15) is 14.4 Å². The van der Waals surface area contributed by atoms with Crippen molar-refractivity contribution in [2.45, 2.75) is 32.1 Å². The van der Waals surface area contributed by atoms with Gasteiger partial charge in [-0.15, -0.1) is 0 Å². The predicted molar refractivity (Wildman–Crippen MR) is 82.2 cm³/mol. The van der Waals surface area contributed by atoms with E-state index in [4.69, 9.17) is 5.11 Å². The minimum Gasteiger partial charge on any atom is -0.481 e. The summed E-state index contributed by atoms with van der Waals surface area (Å²) in [6, 6.07) is 4.99. The first kappa shape index (κ1) is 16.0. The van der Waals surface area contributed by atoms with E-state index in [1.807, 2.05) is 6.07 Å². The van der Waals surface area contributed by atoms with Crippen LogP contribution in [-0.2, 0) is 11.2 Å². The quantitative estimate of drug-likeness (QED) is 0.837. The molecule has 0 saturated carbocycles. The van der Waals surface area contributed by atoms with Crippen molar-refractivity contribution in [3.63, 3.8) is 0 Å². The van der Waals surface area contributed by atoms with Gasteiger partial charge in [-0.1, -0.05) is 6.07 Å². The normalized spacial score (nSPS) is 14.0. The largest absolute Gasteiger partial charge is 0.481 e. The van der Waals surface area contributed by atoms with Crippen LogP contribution in [-0.4, -0.2) is 41.4 Å². The van der Waals surface area contributed by atoms with Crippen molar-refractivity contribution in [2.75, 3.05) is 18.9 Å². The summed E-state index contributed by atoms with van der Waals surface area (Å²) < 4.78 is 0. The third-order valence-electron chi connectivity index (χ3n) is 3.77. The lowest BCUT2D eigenvalue weighted by molar-refractivity contribution is -0.137. The van der Waals surface area contributed by atoms with Crippen LogP contribution in [0.5, 0.6) is 0 Å². The Bertz CT molecular complexity index is 598. The SMILES string of the molecule is CN(CCC(=O)O)C(=O)Nc1ccc2c(c1)C(=O)CCCC2. The first-order valence-electron chi connectivity index (χ1n) is 7.37. The highest BCUT2D eigenvalue weighted by Gasteiger charge is 2.17. The van der Waals surface area contributed by atoms with E-state index in [0.717, 1.165) is 24.8 Å². The zero-order valence-electron chi connectivity index (χ0n) is 12.6. The number of carboxylic acid groups (broad SMARTS) is 1. The smallest absolute Gasteiger partial charge is 0.321 e. The Morgan fingerprint density at radius 2 is 2.00 bits per heavy atom. The fraction of sp³-hybridized carbons (Fsp3) is 0.438. The van der Waals surface area contributed by atoms with Crippen molar-refractivity contribution in [3.8, 4) is 0 Å². The number of hydrogen-bond acceptors (Lipinski definition) is 3. The second-order valence-electron chi connectivity index (χ2n) is 5.50. The molecule has 118 valence electrons. The van der Waals surface area contributed by atoms with Gasteiger partial charge in [-0.2, -0.15) is 0 Å². The molecule has 2 N–H and O–H groups in total. The monoisotopic (exact) mass is 304 g/mol. The first-order valence-corrected chi connectivity index (χ1v) is 7.37. The zero-order valence-corrected chi connectivity index (χ0v) is 12.6. The minimum absolute atomic E-state index is 0.105. The third kappa shape index (κ3) is 4.07. The number of anilines is 1. The molecule has 0 bridgehead atoms. The van der Waals surface area contributed by atoms with Gasteiger partial charge in [0.25, 0.3) is 0 Å². The second kappa shape index (κ2) is 7.06. The highest BCUT2D eigenvalue weighted by atomic mass is 16.4. The molecule has 1 aliphatic carbocycles. The van der Waals surface area contributed by atoms with Gasteiger partial charge in [-0.25, -0.2) is 4.79 Å². The average Bonchev–Trinajstić information content (AvgIpc) is 2.66. The molecule has 6 nitrogen and oxygen atoms in total. The number of aliphatic carboxylic acids is 1. The second-order valence-corrected chi connectivity index (χ2v) is 5.50. The number of ketones is 1. The fourth-order valence-corrected chi connectivity index (χ4v) is 2.45. The fourth-order valence-electron chi connectivity index (χ4n) is 2.45. The highest BCUT2D eigenvalue weighted by molar-refractivity contribution is 5.99. The van der Waals surface area contributed by atoms with Gasteiger partial charge in [0.1, 0.15) is 0 Å². The summed E-state index contributed by atoms with van der Waals surface area (Å²) >= 11 is 0. The van der Waals surface area contributed by atoms with Crippen LogP contribution >= 0.6 is 0 Å². The summed E-state index contributed by atoms with van der Waals surface area (Å²) in [5.74, 6) is -0.835. The van der Waals surface area contributed by atoms with Gasteiger partial charge in [-0.05, 0) is 37.0 Å². The molecule has 6 heteroatoms. The molecular formula is C16H20N2O4. The maximum atomic E-state index is 12.1. The number of nitrogens with zero attached hydrogens (tertiary/aromatic N) is 1. The Balaban J connectivity index is 2.05. The summed E-state index contributed by atoms with van der Waals surface area (Å²) in [5, 5.41) is 11.3. The molecule has 0 saturated heterocycles. The summed E-state index contributed by atoms with van der Waals surface area (Å²) in [6.45, 7) is 0.130. The zero-order chi connectivity index (χ0) is 16.1. The number of nitrogens with one attached hydrogen (secondary N) is 1. The van der Waals surface area contributed by atoms with E-state index in [-0.39, 0.29) is 24.8 Å². The number of rotatable bonds is 4. The molecule has 1 aliphatic rings. The van der Waals surface area contributed by atoms with E-state index < -0.39 is 5.97 Å². The highest BCUT2D eigenvalue weighted by Crippen LogP contribution is 2.24. The van der Waals surface area contributed by atoms with Crippen LogP contribution in [0.25, 0.3) is 0 Å². The van der Waals surface area contributed by atoms with Gasteiger partial charge in [0.15, 0.2) is 5.78 Å². The number of benzene rings is 1. The Morgan fingerprint density at radius 3 is 2.73 bits per heavy atom. The summed E-state index contributed by atoms with van der Waals surface area (Å²) in [6.07, 6.45) is 3.22. The van der Waals surface area contributed by atoms with Crippen LogP contribution < -0.4 is 5.32 Å². The van der Waals surface area contributed by atoms with Crippen LogP contribution in [0, 0.1) is 0 Å². The molecule has 0 unspecified atom stereocenters. The summed E-state index contributed by atoms with van der Waals surface area (Å²) in [7, 11) is 1.53. The van der Waals surface area contributed by atoms with Crippen molar-refractivity contribution < 1.29 is 19.5 Å². The van der Waals surface area contributed by atoms with Crippen molar-refractivity contribution >= 4 is 23.5 Å². The van der Waals surface area contributed by atoms with E-state index in [1.165, 1.54) is 11.9 Å². The minimum atomic E-state index is -0.949. The van der Waals surface area contributed by atoms with Crippen molar-refractivity contribution in [1.82, 2.24) is 4.90 Å². The third-order valence-corrected chi connectivity index (χ3v) is 3.77. The Hall–Kier alpha value is -2.37. The Kier molecular flexibility index (Phi) is 5.14. The Labute approximate surface area is 129 Å². The lowest BCUT2D eigenvalue weighted by atomic mass is 10.0. The first-order chi connectivity index (χ1) is 10.5. The number of carbonyl (C=O) groups is 3. The lowest BCUT2D eigenvalue weighted by Crippen LogP contribution is -2.33. The van der Waals surface area contributed by atoms with Crippen molar-refractivity contribution in [1.29, 1.82) is 0 Å². The number of carbonyl (C=O) groups excluding carboxylic acids is 2. The number of Topliss-reactive ketones (excluding diaryl/α,β-unsaturated/α-hetero) is 1. The predicted octanol–water partition coefficient (Wildman–Crippen LogP) is 2.53. The van der Waals surface area contributed by atoms with Gasteiger partial charge in [0.05, 0.1) is 6.42 Å². The maximum Gasteiger partial charge on any atom is 0.321 e. The molecule has 22 heavy (non-hydrogen) atoms. The van der Waals surface area contributed by atoms with E-state index >= 15 is 0 Å². The Morgan fingerprint density at radius 1 is 1.27 bits per heavy atom. The molecule has 1 aromatic rings. The van der Waals surface area contributed by atoms with Crippen LogP contribution in [0.1, 0.15) is 41.6 Å². The molecule has 2 rings (SSSR count). The molecule has 0 heterocycles. The van der Waals surface area contributed by atoms with Crippen LogP contribution in [0.2, 0.25) is 0 Å². The topological polar surface area (TPSA) is 86.7 Å². The van der Waals surface area contributed by atoms with Crippen LogP contribution in [0.15, 0.2) is 18.2 Å². The molecule has 0 spiro atoms. The average molecular weight is 304 g/mol. The van der Waals surface area contributed by atoms with Gasteiger partial charge in [-0.3, -0.25) is 9.59 Å². The number of amides is 2. The molecule has 0 aliphatic heterocycles. The van der Waals surface area contributed by atoms with E-state index in [0.29, 0.717) is 17.7 Å². The molecule has 2 amide bonds. The number of urea groups is 1. The standard InChI is InChI=1S/C16H20N2O4/c1-18(9-8-15(20)21)16(22)17-12-7-6-11-4-2-3-5-14(19)13(11)10-12/h6-7,10H,2-5,8-9H2,1H3,(H,17,22)(H,20,21). The summed E-state index contributed by atoms with van der Waals surface area (Å²) in [4.78, 5) is 35.9. The lowest BCUT2D eigenvalue weighted by Gasteiger charge is -2.17. The summed E-state index contributed by atoms with van der Waals surface area (Å²) in [5.41, 5.74) is 2.27. The number of fused-ring (bicyclic) bond motifs is 1. The van der Waals surface area contributed by atoms with Gasteiger partial charge >= 0.3 is 12.0 Å². The van der Waals surface area contributed by atoms with Crippen LogP contribution in [0.4, 0.5) is 10.5 Å². The molecule has 0 fully saturated rings. The van der Waals surface area contributed by atoms with Gasteiger partial charge in [0, 0.05) is 31.3 Å². The number of aryl methyl sites for hydroxylation is 1. The molecule has 0 radical (unpaired) electrons. The molecule has 0 aromatic heterocycles. The van der Waals surface area contributed by atoms with Crippen molar-refractivity contribution in [2.24, 2.45) is 0 Å². The van der Waals surface area contributed by atoms with E-state index in [2.05, 4.69) is 5.32 Å². The van der Waals surface area contributed by atoms with E-state index in [1.54, 1.807) is 12.1 Å². The van der Waals surface area contributed by atoms with Crippen molar-refractivity contribution in [3.05, 3.63) is 29.3 Å². The van der Waals surface area contributed by atoms with Crippen LogP contribution in [0.3, 0.4) is 0 Å². The van der Waals surface area contributed by atoms with Gasteiger partial charge < -0.3 is 15.3 Å². The maximum absolute atomic E-state index is 12.1. The molecular weight excluding hydrogens is 284 g/mol. The number of hydrogen-bond donors (Lipinski definition) is 2.